The van der Waals surface area contributed by atoms with Gasteiger partial charge in [0.1, 0.15) is 18.4 Å². The molecule has 0 atom stereocenters. The van der Waals surface area contributed by atoms with Crippen molar-refractivity contribution in [3.63, 3.8) is 0 Å². The predicted octanol–water partition coefficient (Wildman–Crippen LogP) is 2.91. The predicted molar refractivity (Wildman–Crippen MR) is 74.0 cm³/mol. The van der Waals surface area contributed by atoms with E-state index in [1.54, 1.807) is 18.2 Å². The topological polar surface area (TPSA) is 55.4 Å². The van der Waals surface area contributed by atoms with Gasteiger partial charge in [-0.15, -0.1) is 23.2 Å². The molecule has 1 N–H and O–H groups in total. The van der Waals surface area contributed by atoms with Crippen LogP contribution in [0.3, 0.4) is 0 Å². The average molecular weight is 355 g/mol. The van der Waals surface area contributed by atoms with Crippen molar-refractivity contribution in [2.24, 2.45) is 0 Å². The van der Waals surface area contributed by atoms with E-state index in [0.29, 0.717) is 11.3 Å². The molecule has 0 fully saturated rings. The van der Waals surface area contributed by atoms with Crippen molar-refractivity contribution in [1.29, 1.82) is 0 Å². The average Bonchev–Trinajstić information content (AvgIpc) is 2.38. The minimum absolute atomic E-state index is 0.0306. The summed E-state index contributed by atoms with van der Waals surface area (Å²) in [5.41, 5.74) is 1.20. The van der Waals surface area contributed by atoms with Crippen molar-refractivity contribution in [2.75, 3.05) is 17.1 Å². The molecule has 0 saturated carbocycles. The van der Waals surface area contributed by atoms with Crippen LogP contribution in [0.5, 0.6) is 0 Å². The van der Waals surface area contributed by atoms with Gasteiger partial charge in [0.25, 0.3) is 0 Å². The molecule has 98 valence electrons. The molecule has 4 nitrogen and oxygen atoms in total. The molecule has 0 radical (unpaired) electrons. The molecule has 0 saturated heterocycles. The molecule has 18 heavy (non-hydrogen) atoms. The van der Waals surface area contributed by atoms with Crippen LogP contribution in [0.4, 0.5) is 5.69 Å². The Morgan fingerprint density at radius 1 is 1.28 bits per heavy atom. The maximum atomic E-state index is 11.2. The fourth-order valence-electron chi connectivity index (χ4n) is 1.18. The van der Waals surface area contributed by atoms with Gasteiger partial charge in [-0.3, -0.25) is 9.59 Å². The van der Waals surface area contributed by atoms with E-state index in [-0.39, 0.29) is 24.3 Å². The van der Waals surface area contributed by atoms with Crippen LogP contribution >= 0.6 is 39.1 Å². The molecule has 0 unspecified atom stereocenters. The van der Waals surface area contributed by atoms with Crippen LogP contribution in [0.25, 0.3) is 0 Å². The quantitative estimate of drug-likeness (QED) is 0.653. The standard InChI is InChI=1S/C11H10BrCl2NO3/c12-8-1-2-9(15-10(16)4-13)7(3-8)6-18-11(17)5-14/h1-3H,4-6H2,(H,15,16). The zero-order valence-corrected chi connectivity index (χ0v) is 12.3. The number of hydrogen-bond donors (Lipinski definition) is 1. The number of halogens is 3. The van der Waals surface area contributed by atoms with E-state index in [2.05, 4.69) is 21.2 Å². The first kappa shape index (κ1) is 15.3. The monoisotopic (exact) mass is 353 g/mol. The van der Waals surface area contributed by atoms with Crippen molar-refractivity contribution in [3.05, 3.63) is 28.2 Å². The summed E-state index contributed by atoms with van der Waals surface area (Å²) in [5.74, 6) is -1.20. The smallest absolute Gasteiger partial charge is 0.321 e. The summed E-state index contributed by atoms with van der Waals surface area (Å²) < 4.78 is 5.72. The third-order valence-electron chi connectivity index (χ3n) is 1.96. The molecule has 0 heterocycles. The Kier molecular flexibility index (Phi) is 6.46. The highest BCUT2D eigenvalue weighted by molar-refractivity contribution is 9.10. The number of ether oxygens (including phenoxy) is 1. The molecule has 0 aliphatic carbocycles. The van der Waals surface area contributed by atoms with Gasteiger partial charge in [0.05, 0.1) is 0 Å². The van der Waals surface area contributed by atoms with Gasteiger partial charge in [-0.2, -0.15) is 0 Å². The van der Waals surface area contributed by atoms with Crippen molar-refractivity contribution in [1.82, 2.24) is 0 Å². The number of benzene rings is 1. The molecule has 1 aromatic rings. The van der Waals surface area contributed by atoms with Gasteiger partial charge in [0.2, 0.25) is 5.91 Å². The zero-order chi connectivity index (χ0) is 13.5. The maximum Gasteiger partial charge on any atom is 0.321 e. The van der Waals surface area contributed by atoms with Gasteiger partial charge in [0.15, 0.2) is 0 Å². The molecule has 1 amide bonds. The van der Waals surface area contributed by atoms with E-state index >= 15 is 0 Å². The highest BCUT2D eigenvalue weighted by Gasteiger charge is 2.09. The molecule has 0 spiro atoms. The first-order chi connectivity index (χ1) is 8.56. The van der Waals surface area contributed by atoms with Crippen molar-refractivity contribution < 1.29 is 14.3 Å². The molecule has 0 aliphatic rings. The molecule has 1 aromatic carbocycles. The molecule has 7 heteroatoms. The van der Waals surface area contributed by atoms with Crippen molar-refractivity contribution >= 4 is 56.7 Å². The lowest BCUT2D eigenvalue weighted by molar-refractivity contribution is -0.141. The maximum absolute atomic E-state index is 11.2. The number of rotatable bonds is 5. The third kappa shape index (κ3) is 4.84. The number of hydrogen-bond acceptors (Lipinski definition) is 3. The van der Waals surface area contributed by atoms with Gasteiger partial charge < -0.3 is 10.1 Å². The van der Waals surface area contributed by atoms with E-state index in [4.69, 9.17) is 27.9 Å². The Morgan fingerprint density at radius 2 is 2.00 bits per heavy atom. The summed E-state index contributed by atoms with van der Waals surface area (Å²) in [6, 6.07) is 5.19. The summed E-state index contributed by atoms with van der Waals surface area (Å²) in [4.78, 5) is 22.2. The Hall–Kier alpha value is -0.780. The number of nitrogens with one attached hydrogen (secondary N) is 1. The van der Waals surface area contributed by atoms with Crippen molar-refractivity contribution in [3.8, 4) is 0 Å². The van der Waals surface area contributed by atoms with E-state index in [9.17, 15) is 9.59 Å². The number of amides is 1. The summed E-state index contributed by atoms with van der Waals surface area (Å²) >= 11 is 14.0. The molecular weight excluding hydrogens is 345 g/mol. The van der Waals surface area contributed by atoms with Crippen LogP contribution in [-0.2, 0) is 20.9 Å². The van der Waals surface area contributed by atoms with Crippen LogP contribution in [-0.4, -0.2) is 23.6 Å². The van der Waals surface area contributed by atoms with Gasteiger partial charge in [0, 0.05) is 15.7 Å². The van der Waals surface area contributed by atoms with Crippen molar-refractivity contribution in [2.45, 2.75) is 6.61 Å². The molecule has 0 aromatic heterocycles. The number of alkyl halides is 2. The SMILES string of the molecule is O=C(CCl)Nc1ccc(Br)cc1COC(=O)CCl. The second-order valence-electron chi connectivity index (χ2n) is 3.28. The highest BCUT2D eigenvalue weighted by Crippen LogP contribution is 2.22. The Labute approximate surface area is 123 Å². The first-order valence-corrected chi connectivity index (χ1v) is 6.79. The van der Waals surface area contributed by atoms with Crippen LogP contribution in [0.1, 0.15) is 5.56 Å². The minimum Gasteiger partial charge on any atom is -0.460 e. The zero-order valence-electron chi connectivity index (χ0n) is 9.21. The molecule has 1 rings (SSSR count). The molecule has 0 aliphatic heterocycles. The largest absolute Gasteiger partial charge is 0.460 e. The lowest BCUT2D eigenvalue weighted by Crippen LogP contribution is -2.15. The number of carbonyl (C=O) groups is 2. The Bertz CT molecular complexity index is 454. The molecular formula is C11H10BrCl2NO3. The summed E-state index contributed by atoms with van der Waals surface area (Å²) in [6.07, 6.45) is 0. The third-order valence-corrected chi connectivity index (χ3v) is 2.91. The normalized spacial score (nSPS) is 9.94. The second kappa shape index (κ2) is 7.61. The lowest BCUT2D eigenvalue weighted by atomic mass is 10.2. The summed E-state index contributed by atoms with van der Waals surface area (Å²) in [5, 5.41) is 2.61. The Morgan fingerprint density at radius 3 is 2.61 bits per heavy atom. The molecule has 0 bridgehead atoms. The number of esters is 1. The van der Waals surface area contributed by atoms with Gasteiger partial charge in [-0.05, 0) is 18.2 Å². The minimum atomic E-state index is -0.522. The highest BCUT2D eigenvalue weighted by atomic mass is 79.9. The van der Waals surface area contributed by atoms with E-state index in [1.165, 1.54) is 0 Å². The Balaban J connectivity index is 2.82. The fraction of sp³-hybridized carbons (Fsp3) is 0.273. The first-order valence-electron chi connectivity index (χ1n) is 4.92. The van der Waals surface area contributed by atoms with E-state index < -0.39 is 5.97 Å². The van der Waals surface area contributed by atoms with Gasteiger partial charge >= 0.3 is 5.97 Å². The van der Waals surface area contributed by atoms with E-state index in [0.717, 1.165) is 4.47 Å². The van der Waals surface area contributed by atoms with Crippen LogP contribution in [0.15, 0.2) is 22.7 Å². The van der Waals surface area contributed by atoms with Crippen LogP contribution < -0.4 is 5.32 Å². The number of anilines is 1. The summed E-state index contributed by atoms with van der Waals surface area (Å²) in [7, 11) is 0. The lowest BCUT2D eigenvalue weighted by Gasteiger charge is -2.11. The van der Waals surface area contributed by atoms with Crippen LogP contribution in [0.2, 0.25) is 0 Å². The van der Waals surface area contributed by atoms with Crippen LogP contribution in [0, 0.1) is 0 Å². The summed E-state index contributed by atoms with van der Waals surface area (Å²) in [6.45, 7) is 0.0306. The second-order valence-corrected chi connectivity index (χ2v) is 4.73. The fourth-order valence-corrected chi connectivity index (χ4v) is 1.74. The van der Waals surface area contributed by atoms with E-state index in [1.807, 2.05) is 0 Å². The van der Waals surface area contributed by atoms with Gasteiger partial charge in [-0.1, -0.05) is 15.9 Å². The number of carbonyl (C=O) groups excluding carboxylic acids is 2. The van der Waals surface area contributed by atoms with Gasteiger partial charge in [-0.25, -0.2) is 0 Å².